The molecule has 6 heteroatoms. The van der Waals surface area contributed by atoms with Gasteiger partial charge in [-0.3, -0.25) is 0 Å². The van der Waals surface area contributed by atoms with Crippen LogP contribution in [0.1, 0.15) is 102 Å². The van der Waals surface area contributed by atoms with Crippen molar-refractivity contribution in [2.24, 2.45) is 0 Å². The number of phenols is 2. The molecule has 0 heterocycles. The van der Waals surface area contributed by atoms with Gasteiger partial charge in [-0.2, -0.15) is 0 Å². The number of aliphatic hydroxyl groups is 2. The number of nitrogens with zero attached hydrogens (tertiary/aromatic N) is 2. The molecule has 6 nitrogen and oxygen atoms in total. The Bertz CT molecular complexity index is 894. The van der Waals surface area contributed by atoms with Gasteiger partial charge in [0.2, 0.25) is 0 Å². The fourth-order valence-corrected chi connectivity index (χ4v) is 5.60. The Kier molecular flexibility index (Phi) is 11.6. The quantitative estimate of drug-likeness (QED) is 0.199. The predicted octanol–water partition coefficient (Wildman–Crippen LogP) is 6.51. The second-order valence-electron chi connectivity index (χ2n) is 10.9. The van der Waals surface area contributed by atoms with Crippen LogP contribution in [0.4, 0.5) is 11.4 Å². The summed E-state index contributed by atoms with van der Waals surface area (Å²) in [5.74, 6) is -0.995. The van der Waals surface area contributed by atoms with Crippen molar-refractivity contribution < 1.29 is 20.4 Å². The van der Waals surface area contributed by atoms with Gasteiger partial charge in [0.25, 0.3) is 0 Å². The number of aliphatic hydroxyl groups excluding tert-OH is 2. The number of anilines is 2. The third-order valence-electron chi connectivity index (χ3n) is 8.07. The summed E-state index contributed by atoms with van der Waals surface area (Å²) in [6, 6.07) is 11.2. The molecular formula is C32H50N2O4. The first-order chi connectivity index (χ1) is 18.4. The zero-order chi connectivity index (χ0) is 27.7. The van der Waals surface area contributed by atoms with E-state index in [1.54, 1.807) is 12.1 Å². The second kappa shape index (κ2) is 14.6. The minimum absolute atomic E-state index is 0.101. The molecule has 0 aromatic heterocycles. The minimum atomic E-state index is -0.897. The zero-order valence-corrected chi connectivity index (χ0v) is 23.9. The highest BCUT2D eigenvalue weighted by Crippen LogP contribution is 2.52. The van der Waals surface area contributed by atoms with Gasteiger partial charge in [-0.25, -0.2) is 0 Å². The van der Waals surface area contributed by atoms with Crippen molar-refractivity contribution >= 4 is 11.4 Å². The van der Waals surface area contributed by atoms with Crippen molar-refractivity contribution in [1.82, 2.24) is 0 Å². The largest absolute Gasteiger partial charge is 0.508 e. The lowest BCUT2D eigenvalue weighted by atomic mass is 9.63. The molecule has 1 aliphatic carbocycles. The number of hydrogen-bond acceptors (Lipinski definition) is 6. The van der Waals surface area contributed by atoms with Crippen LogP contribution in [0.15, 0.2) is 36.4 Å². The molecule has 212 valence electrons. The molecule has 0 aliphatic heterocycles. The van der Waals surface area contributed by atoms with E-state index in [4.69, 9.17) is 0 Å². The monoisotopic (exact) mass is 526 g/mol. The van der Waals surface area contributed by atoms with Crippen LogP contribution in [0.3, 0.4) is 0 Å². The van der Waals surface area contributed by atoms with Crippen molar-refractivity contribution in [3.8, 4) is 11.5 Å². The maximum Gasteiger partial charge on any atom is 0.121 e. The Hall–Kier alpha value is -2.44. The van der Waals surface area contributed by atoms with Crippen molar-refractivity contribution in [3.05, 3.63) is 47.5 Å². The first kappa shape index (κ1) is 30.1. The van der Waals surface area contributed by atoms with E-state index in [2.05, 4.69) is 37.5 Å². The lowest BCUT2D eigenvalue weighted by molar-refractivity contribution is -0.0797. The van der Waals surface area contributed by atoms with Crippen LogP contribution in [0, 0.1) is 0 Å². The molecule has 1 aliphatic rings. The van der Waals surface area contributed by atoms with Crippen molar-refractivity contribution in [2.45, 2.75) is 103 Å². The van der Waals surface area contributed by atoms with E-state index in [0.717, 1.165) is 88.9 Å². The van der Waals surface area contributed by atoms with Crippen LogP contribution in [0.25, 0.3) is 0 Å². The summed E-state index contributed by atoms with van der Waals surface area (Å²) in [6.45, 7) is 12.5. The Morgan fingerprint density at radius 2 is 0.868 bits per heavy atom. The van der Waals surface area contributed by atoms with E-state index < -0.39 is 24.0 Å². The summed E-state index contributed by atoms with van der Waals surface area (Å²) >= 11 is 0. The predicted molar refractivity (Wildman–Crippen MR) is 158 cm³/mol. The third-order valence-corrected chi connectivity index (χ3v) is 8.07. The SMILES string of the molecule is CCCCN(CCCC)c1ccc(C2C(O)C(c3ccc(N(CCCC)CCCC)cc3O)C2O)c(O)c1. The molecule has 1 fully saturated rings. The van der Waals surface area contributed by atoms with Crippen LogP contribution in [0.5, 0.6) is 11.5 Å². The topological polar surface area (TPSA) is 87.4 Å². The number of hydrogen-bond donors (Lipinski definition) is 4. The van der Waals surface area contributed by atoms with E-state index in [-0.39, 0.29) is 11.5 Å². The van der Waals surface area contributed by atoms with Gasteiger partial charge in [-0.05, 0) is 37.8 Å². The van der Waals surface area contributed by atoms with Crippen LogP contribution >= 0.6 is 0 Å². The number of unbranched alkanes of at least 4 members (excludes halogenated alkanes) is 4. The van der Waals surface area contributed by atoms with Crippen LogP contribution in [-0.2, 0) is 0 Å². The average molecular weight is 527 g/mol. The van der Waals surface area contributed by atoms with Gasteiger partial charge < -0.3 is 30.2 Å². The Morgan fingerprint density at radius 3 is 1.13 bits per heavy atom. The fourth-order valence-electron chi connectivity index (χ4n) is 5.60. The van der Waals surface area contributed by atoms with E-state index in [1.807, 2.05) is 24.3 Å². The van der Waals surface area contributed by atoms with Gasteiger partial charge in [0.05, 0.1) is 12.2 Å². The molecule has 0 saturated heterocycles. The molecular weight excluding hydrogens is 476 g/mol. The molecule has 4 N–H and O–H groups in total. The van der Waals surface area contributed by atoms with E-state index >= 15 is 0 Å². The highest BCUT2D eigenvalue weighted by molar-refractivity contribution is 5.58. The van der Waals surface area contributed by atoms with Crippen molar-refractivity contribution in [1.29, 1.82) is 0 Å². The number of phenolic OH excluding ortho intramolecular Hbond substituents is 2. The first-order valence-corrected chi connectivity index (χ1v) is 14.9. The summed E-state index contributed by atoms with van der Waals surface area (Å²) < 4.78 is 0. The molecule has 2 aromatic rings. The Morgan fingerprint density at radius 1 is 0.553 bits per heavy atom. The van der Waals surface area contributed by atoms with E-state index in [9.17, 15) is 20.4 Å². The number of rotatable bonds is 16. The molecule has 0 atom stereocenters. The smallest absolute Gasteiger partial charge is 0.121 e. The van der Waals surface area contributed by atoms with Crippen molar-refractivity contribution in [2.75, 3.05) is 36.0 Å². The Balaban J connectivity index is 1.76. The summed E-state index contributed by atoms with van der Waals surface area (Å²) in [5, 5.41) is 44.0. The Labute approximate surface area is 229 Å². The molecule has 0 amide bonds. The maximum absolute atomic E-state index is 11.1. The molecule has 0 bridgehead atoms. The van der Waals surface area contributed by atoms with Gasteiger partial charge >= 0.3 is 0 Å². The molecule has 1 saturated carbocycles. The standard InChI is InChI=1S/C32H50N2O4/c1-5-9-17-33(18-10-6-2)23-13-15-25(27(35)21-23)29-31(37)30(32(29)38)26-16-14-24(22-28(26)36)34(19-11-7-3)20-12-8-4/h13-16,21-22,29-32,35-38H,5-12,17-20H2,1-4H3. The maximum atomic E-state index is 11.1. The lowest BCUT2D eigenvalue weighted by Gasteiger charge is -2.47. The van der Waals surface area contributed by atoms with Crippen molar-refractivity contribution in [3.63, 3.8) is 0 Å². The molecule has 3 rings (SSSR count). The highest BCUT2D eigenvalue weighted by Gasteiger charge is 2.52. The molecule has 0 radical (unpaired) electrons. The second-order valence-corrected chi connectivity index (χ2v) is 10.9. The van der Waals surface area contributed by atoms with Gasteiger partial charge in [-0.15, -0.1) is 0 Å². The molecule has 2 aromatic carbocycles. The average Bonchev–Trinajstić information content (AvgIpc) is 2.91. The summed E-state index contributed by atoms with van der Waals surface area (Å²) in [4.78, 5) is 4.60. The van der Waals surface area contributed by atoms with Gasteiger partial charge in [0.1, 0.15) is 11.5 Å². The molecule has 0 spiro atoms. The van der Waals surface area contributed by atoms with Crippen LogP contribution in [0.2, 0.25) is 0 Å². The van der Waals surface area contributed by atoms with Gasteiger partial charge in [0, 0.05) is 72.6 Å². The third kappa shape index (κ3) is 6.95. The van der Waals surface area contributed by atoms with Crippen LogP contribution in [-0.4, -0.2) is 58.8 Å². The molecule has 0 unspecified atom stereocenters. The minimum Gasteiger partial charge on any atom is -0.508 e. The van der Waals surface area contributed by atoms with E-state index in [1.165, 1.54) is 0 Å². The summed E-state index contributed by atoms with van der Waals surface area (Å²) in [7, 11) is 0. The summed E-state index contributed by atoms with van der Waals surface area (Å²) in [5.41, 5.74) is 3.04. The first-order valence-electron chi connectivity index (χ1n) is 14.9. The van der Waals surface area contributed by atoms with Gasteiger partial charge in [0.15, 0.2) is 0 Å². The molecule has 38 heavy (non-hydrogen) atoms. The normalized spacial score (nSPS) is 20.8. The fraction of sp³-hybridized carbons (Fsp3) is 0.625. The lowest BCUT2D eigenvalue weighted by Crippen LogP contribution is -2.51. The number of aromatic hydroxyl groups is 2. The van der Waals surface area contributed by atoms with E-state index in [0.29, 0.717) is 11.1 Å². The highest BCUT2D eigenvalue weighted by atomic mass is 16.3. The zero-order valence-electron chi connectivity index (χ0n) is 23.9. The van der Waals surface area contributed by atoms with Crippen LogP contribution < -0.4 is 9.80 Å². The summed E-state index contributed by atoms with van der Waals surface area (Å²) in [6.07, 6.45) is 7.00. The van der Waals surface area contributed by atoms with Gasteiger partial charge in [-0.1, -0.05) is 65.5 Å². The number of benzene rings is 2.